The van der Waals surface area contributed by atoms with Crippen molar-refractivity contribution < 1.29 is 14.3 Å². The van der Waals surface area contributed by atoms with E-state index in [1.165, 1.54) is 11.8 Å². The number of aromatic nitrogens is 2. The molecule has 0 saturated heterocycles. The number of halogens is 1. The van der Waals surface area contributed by atoms with Crippen molar-refractivity contribution in [3.8, 4) is 0 Å². The van der Waals surface area contributed by atoms with E-state index in [2.05, 4.69) is 26.1 Å². The second-order valence-electron chi connectivity index (χ2n) is 3.68. The van der Waals surface area contributed by atoms with Crippen LogP contribution in [0, 0.1) is 0 Å². The van der Waals surface area contributed by atoms with Crippen LogP contribution in [-0.2, 0) is 12.2 Å². The first-order chi connectivity index (χ1) is 9.10. The van der Waals surface area contributed by atoms with Gasteiger partial charge >= 0.3 is 5.97 Å². The Morgan fingerprint density at radius 1 is 1.42 bits per heavy atom. The molecule has 0 unspecified atom stereocenters. The molecule has 2 aromatic rings. The Hall–Kier alpha value is -1.34. The summed E-state index contributed by atoms with van der Waals surface area (Å²) in [6.07, 6.45) is 0.707. The summed E-state index contributed by atoms with van der Waals surface area (Å²) in [5, 5.41) is 16.8. The van der Waals surface area contributed by atoms with Gasteiger partial charge in [-0.25, -0.2) is 4.79 Å². The Kier molecular flexibility index (Phi) is 4.60. The third kappa shape index (κ3) is 3.57. The number of nitrogens with zero attached hydrogens (tertiary/aromatic N) is 2. The SMILES string of the molecule is CCc1nnc(CSc2ccc(Br)c(C(=O)O)c2)o1. The van der Waals surface area contributed by atoms with Gasteiger partial charge in [-0.2, -0.15) is 0 Å². The number of carboxylic acid groups (broad SMARTS) is 1. The summed E-state index contributed by atoms with van der Waals surface area (Å²) in [5.41, 5.74) is 0.241. The number of thioether (sulfide) groups is 1. The highest BCUT2D eigenvalue weighted by Crippen LogP contribution is 2.27. The van der Waals surface area contributed by atoms with Gasteiger partial charge in [0.05, 0.1) is 11.3 Å². The highest BCUT2D eigenvalue weighted by atomic mass is 79.9. The number of benzene rings is 1. The van der Waals surface area contributed by atoms with Crippen molar-refractivity contribution in [2.45, 2.75) is 24.0 Å². The fraction of sp³-hybridized carbons (Fsp3) is 0.250. The van der Waals surface area contributed by atoms with Gasteiger partial charge in [0, 0.05) is 15.8 Å². The minimum Gasteiger partial charge on any atom is -0.478 e. The van der Waals surface area contributed by atoms with Crippen LogP contribution in [0.3, 0.4) is 0 Å². The maximum atomic E-state index is 11.0. The molecule has 1 N–H and O–H groups in total. The highest BCUT2D eigenvalue weighted by Gasteiger charge is 2.10. The van der Waals surface area contributed by atoms with Crippen LogP contribution in [0.4, 0.5) is 0 Å². The fourth-order valence-corrected chi connectivity index (χ4v) is 2.58. The molecule has 0 spiro atoms. The zero-order valence-electron chi connectivity index (χ0n) is 10.1. The zero-order chi connectivity index (χ0) is 13.8. The van der Waals surface area contributed by atoms with E-state index in [9.17, 15) is 4.79 Å². The van der Waals surface area contributed by atoms with Gasteiger partial charge in [-0.05, 0) is 34.1 Å². The van der Waals surface area contributed by atoms with Gasteiger partial charge in [0.1, 0.15) is 0 Å². The van der Waals surface area contributed by atoms with Gasteiger partial charge in [-0.15, -0.1) is 22.0 Å². The zero-order valence-corrected chi connectivity index (χ0v) is 12.5. The molecule has 2 rings (SSSR count). The number of aryl methyl sites for hydroxylation is 1. The lowest BCUT2D eigenvalue weighted by molar-refractivity contribution is 0.0695. The molecule has 0 saturated carbocycles. The van der Waals surface area contributed by atoms with Crippen molar-refractivity contribution in [2.75, 3.05) is 0 Å². The van der Waals surface area contributed by atoms with Gasteiger partial charge in [0.2, 0.25) is 11.8 Å². The van der Waals surface area contributed by atoms with Crippen LogP contribution in [0.5, 0.6) is 0 Å². The summed E-state index contributed by atoms with van der Waals surface area (Å²) in [6.45, 7) is 1.94. The van der Waals surface area contributed by atoms with Crippen molar-refractivity contribution in [2.24, 2.45) is 0 Å². The third-order valence-corrected chi connectivity index (χ3v) is 4.01. The maximum Gasteiger partial charge on any atom is 0.336 e. The lowest BCUT2D eigenvalue weighted by Gasteiger charge is -2.03. The number of aromatic carboxylic acids is 1. The summed E-state index contributed by atoms with van der Waals surface area (Å²) in [5.74, 6) is 0.716. The van der Waals surface area contributed by atoms with E-state index in [1.54, 1.807) is 12.1 Å². The predicted octanol–water partition coefficient (Wildman–Crippen LogP) is 3.39. The molecule has 1 aromatic carbocycles. The summed E-state index contributed by atoms with van der Waals surface area (Å²) in [4.78, 5) is 11.9. The Morgan fingerprint density at radius 3 is 2.79 bits per heavy atom. The average molecular weight is 343 g/mol. The molecular weight excluding hydrogens is 332 g/mol. The van der Waals surface area contributed by atoms with E-state index in [0.29, 0.717) is 28.4 Å². The topological polar surface area (TPSA) is 76.2 Å². The van der Waals surface area contributed by atoms with Gasteiger partial charge in [-0.1, -0.05) is 6.92 Å². The molecule has 0 aliphatic heterocycles. The third-order valence-electron chi connectivity index (χ3n) is 2.34. The van der Waals surface area contributed by atoms with Crippen LogP contribution in [0.15, 0.2) is 32.0 Å². The van der Waals surface area contributed by atoms with Gasteiger partial charge in [-0.3, -0.25) is 0 Å². The van der Waals surface area contributed by atoms with Crippen molar-refractivity contribution in [1.82, 2.24) is 10.2 Å². The van der Waals surface area contributed by atoms with Crippen molar-refractivity contribution in [1.29, 1.82) is 0 Å². The van der Waals surface area contributed by atoms with Crippen LogP contribution >= 0.6 is 27.7 Å². The number of hydrogen-bond acceptors (Lipinski definition) is 5. The van der Waals surface area contributed by atoms with Crippen molar-refractivity contribution >= 4 is 33.7 Å². The number of carboxylic acids is 1. The normalized spacial score (nSPS) is 10.6. The van der Waals surface area contributed by atoms with E-state index in [-0.39, 0.29) is 5.56 Å². The van der Waals surface area contributed by atoms with Crippen LogP contribution < -0.4 is 0 Å². The predicted molar refractivity (Wildman–Crippen MR) is 74.3 cm³/mol. The quantitative estimate of drug-likeness (QED) is 0.839. The molecule has 0 radical (unpaired) electrons. The molecule has 0 amide bonds. The minimum absolute atomic E-state index is 0.241. The summed E-state index contributed by atoms with van der Waals surface area (Å²) in [6, 6.07) is 5.18. The molecule has 0 fully saturated rings. The minimum atomic E-state index is -0.958. The molecule has 0 atom stereocenters. The fourth-order valence-electron chi connectivity index (χ4n) is 1.39. The first-order valence-corrected chi connectivity index (χ1v) is 7.35. The van der Waals surface area contributed by atoms with Crippen molar-refractivity contribution in [3.63, 3.8) is 0 Å². The molecule has 0 aliphatic carbocycles. The first kappa shape index (κ1) is 14.1. The smallest absolute Gasteiger partial charge is 0.336 e. The van der Waals surface area contributed by atoms with E-state index in [0.717, 1.165) is 4.90 Å². The molecule has 1 aromatic heterocycles. The van der Waals surface area contributed by atoms with Gasteiger partial charge in [0.25, 0.3) is 0 Å². The van der Waals surface area contributed by atoms with E-state index >= 15 is 0 Å². The second kappa shape index (κ2) is 6.21. The van der Waals surface area contributed by atoms with E-state index < -0.39 is 5.97 Å². The summed E-state index contributed by atoms with van der Waals surface area (Å²) < 4.78 is 5.95. The lowest BCUT2D eigenvalue weighted by atomic mass is 10.2. The summed E-state index contributed by atoms with van der Waals surface area (Å²) >= 11 is 4.67. The molecule has 7 heteroatoms. The lowest BCUT2D eigenvalue weighted by Crippen LogP contribution is -1.97. The Bertz CT molecular complexity index is 600. The second-order valence-corrected chi connectivity index (χ2v) is 5.58. The molecule has 19 heavy (non-hydrogen) atoms. The average Bonchev–Trinajstić information content (AvgIpc) is 2.85. The molecule has 1 heterocycles. The number of carbonyl (C=O) groups is 1. The van der Waals surface area contributed by atoms with Gasteiger partial charge < -0.3 is 9.52 Å². The van der Waals surface area contributed by atoms with Crippen LogP contribution in [-0.4, -0.2) is 21.3 Å². The first-order valence-electron chi connectivity index (χ1n) is 5.57. The molecule has 0 bridgehead atoms. The van der Waals surface area contributed by atoms with Crippen molar-refractivity contribution in [3.05, 3.63) is 40.0 Å². The van der Waals surface area contributed by atoms with E-state index in [4.69, 9.17) is 9.52 Å². The highest BCUT2D eigenvalue weighted by molar-refractivity contribution is 9.10. The number of rotatable bonds is 5. The Morgan fingerprint density at radius 2 is 2.16 bits per heavy atom. The van der Waals surface area contributed by atoms with E-state index in [1.807, 2.05) is 13.0 Å². The Labute approximate surface area is 122 Å². The van der Waals surface area contributed by atoms with Crippen LogP contribution in [0.1, 0.15) is 29.1 Å². The molecule has 100 valence electrons. The largest absolute Gasteiger partial charge is 0.478 e. The Balaban J connectivity index is 2.07. The molecular formula is C12H11BrN2O3S. The van der Waals surface area contributed by atoms with Crippen LogP contribution in [0.2, 0.25) is 0 Å². The number of hydrogen-bond donors (Lipinski definition) is 1. The molecule has 0 aliphatic rings. The monoisotopic (exact) mass is 342 g/mol. The van der Waals surface area contributed by atoms with Gasteiger partial charge in [0.15, 0.2) is 0 Å². The standard InChI is InChI=1S/C12H11BrN2O3S/c1-2-10-14-15-11(18-10)6-19-7-3-4-9(13)8(5-7)12(16)17/h3-5H,2,6H2,1H3,(H,16,17). The maximum absolute atomic E-state index is 11.0. The molecule has 5 nitrogen and oxygen atoms in total. The van der Waals surface area contributed by atoms with Crippen LogP contribution in [0.25, 0.3) is 0 Å². The summed E-state index contributed by atoms with van der Waals surface area (Å²) in [7, 11) is 0.